The Kier molecular flexibility index (Phi) is 7.37. The van der Waals surface area contributed by atoms with Gasteiger partial charge in [-0.1, -0.05) is 43.6 Å². The first-order chi connectivity index (χ1) is 17.7. The van der Waals surface area contributed by atoms with Crippen LogP contribution in [-0.2, 0) is 22.2 Å². The summed E-state index contributed by atoms with van der Waals surface area (Å²) in [5.41, 5.74) is -5.65. The van der Waals surface area contributed by atoms with Gasteiger partial charge in [-0.3, -0.25) is 4.90 Å². The molecule has 2 saturated heterocycles. The van der Waals surface area contributed by atoms with Crippen molar-refractivity contribution in [1.29, 1.82) is 0 Å². The van der Waals surface area contributed by atoms with Gasteiger partial charge in [0, 0.05) is 59.9 Å². The molecule has 2 fully saturated rings. The minimum absolute atomic E-state index is 0.0134. The lowest BCUT2D eigenvalue weighted by molar-refractivity contribution is -0.376. The van der Waals surface area contributed by atoms with Crippen LogP contribution in [0.4, 0.5) is 30.7 Å². The van der Waals surface area contributed by atoms with Gasteiger partial charge in [0.05, 0.1) is 6.26 Å². The highest BCUT2D eigenvalue weighted by Gasteiger charge is 2.71. The van der Waals surface area contributed by atoms with Gasteiger partial charge in [-0.05, 0) is 29.2 Å². The molecule has 0 atom stereocenters. The maximum atomic E-state index is 15.2. The van der Waals surface area contributed by atoms with Crippen LogP contribution in [0.2, 0.25) is 5.02 Å². The number of hydrogen-bond acceptors (Lipinski definition) is 4. The van der Waals surface area contributed by atoms with E-state index < -0.39 is 44.4 Å². The summed E-state index contributed by atoms with van der Waals surface area (Å²) in [5, 5.41) is 9.17. The van der Waals surface area contributed by atoms with E-state index in [1.165, 1.54) is 4.31 Å². The number of nitrogens with zero attached hydrogens (tertiary/aromatic N) is 2. The van der Waals surface area contributed by atoms with Crippen molar-refractivity contribution in [1.82, 2.24) is 9.21 Å². The molecule has 2 aromatic carbocycles. The number of rotatable bonds is 6. The average Bonchev–Trinajstić information content (AvgIpc) is 2.71. The second-order valence-electron chi connectivity index (χ2n) is 10.8. The fraction of sp³-hybridized carbons (Fsp3) is 0.520. The number of alkyl halides is 6. The predicted molar refractivity (Wildman–Crippen MR) is 131 cm³/mol. The number of likely N-dealkylation sites (tertiary alicyclic amines) is 1. The first-order valence-electron chi connectivity index (χ1n) is 11.8. The summed E-state index contributed by atoms with van der Waals surface area (Å²) in [6.45, 7) is 5.82. The highest BCUT2D eigenvalue weighted by molar-refractivity contribution is 7.88. The molecule has 0 unspecified atom stereocenters. The molecule has 0 saturated carbocycles. The number of benzene rings is 2. The normalized spacial score (nSPS) is 18.9. The molecule has 14 heteroatoms. The van der Waals surface area contributed by atoms with E-state index in [4.69, 9.17) is 11.6 Å². The van der Waals surface area contributed by atoms with Gasteiger partial charge in [0.25, 0.3) is 5.60 Å². The summed E-state index contributed by atoms with van der Waals surface area (Å²) < 4.78 is 120. The number of hydrogen-bond donors (Lipinski definition) is 1. The van der Waals surface area contributed by atoms with Crippen LogP contribution in [-0.4, -0.2) is 67.5 Å². The van der Waals surface area contributed by atoms with E-state index in [0.29, 0.717) is 49.4 Å². The lowest BCUT2D eigenvalue weighted by Crippen LogP contribution is -2.72. The third-order valence-corrected chi connectivity index (χ3v) is 8.85. The molecule has 0 aromatic heterocycles. The monoisotopic (exact) mass is 602 g/mol. The van der Waals surface area contributed by atoms with E-state index in [0.717, 1.165) is 18.4 Å². The van der Waals surface area contributed by atoms with Crippen LogP contribution in [0.25, 0.3) is 11.1 Å². The van der Waals surface area contributed by atoms with Crippen LogP contribution in [0, 0.1) is 11.2 Å². The van der Waals surface area contributed by atoms with Crippen molar-refractivity contribution >= 4 is 21.6 Å². The summed E-state index contributed by atoms with van der Waals surface area (Å²) in [6, 6.07) is 4.52. The van der Waals surface area contributed by atoms with E-state index in [1.807, 2.05) is 4.90 Å². The largest absolute Gasteiger partial charge is 0.430 e. The van der Waals surface area contributed by atoms with Gasteiger partial charge in [-0.25, -0.2) is 17.1 Å². The average molecular weight is 603 g/mol. The Morgan fingerprint density at radius 2 is 1.54 bits per heavy atom. The minimum Gasteiger partial charge on any atom is -0.369 e. The zero-order valence-electron chi connectivity index (χ0n) is 21.1. The van der Waals surface area contributed by atoms with Crippen LogP contribution in [0.5, 0.6) is 0 Å². The Morgan fingerprint density at radius 3 is 2.00 bits per heavy atom. The Bertz CT molecular complexity index is 1370. The topological polar surface area (TPSA) is 60.9 Å². The number of aliphatic hydroxyl groups is 1. The maximum Gasteiger partial charge on any atom is 0.430 e. The van der Waals surface area contributed by atoms with Crippen LogP contribution in [0.3, 0.4) is 0 Å². The molecule has 4 rings (SSSR count). The van der Waals surface area contributed by atoms with E-state index in [2.05, 4.69) is 0 Å². The SMILES string of the molecule is CC(C)c1cc(CN2CC3(C2)CN(S(C)(=O)=O)C3)c(F)cc1-c1ccc(C(O)(C(F)(F)F)C(F)(F)F)cc1Cl. The van der Waals surface area contributed by atoms with Crippen molar-refractivity contribution in [3.8, 4) is 11.1 Å². The highest BCUT2D eigenvalue weighted by atomic mass is 35.5. The predicted octanol–water partition coefficient (Wildman–Crippen LogP) is 5.66. The molecule has 1 N–H and O–H groups in total. The molecule has 5 nitrogen and oxygen atoms in total. The molecule has 2 aliphatic heterocycles. The van der Waals surface area contributed by atoms with Crippen molar-refractivity contribution < 1.29 is 44.3 Å². The number of sulfonamides is 1. The summed E-state index contributed by atoms with van der Waals surface area (Å²) in [5.74, 6) is -0.848. The van der Waals surface area contributed by atoms with E-state index in [-0.39, 0.29) is 29.0 Å². The zero-order valence-corrected chi connectivity index (χ0v) is 22.7. The molecule has 0 bridgehead atoms. The lowest BCUT2D eigenvalue weighted by Gasteiger charge is -2.59. The Balaban J connectivity index is 1.61. The molecule has 1 spiro atoms. The van der Waals surface area contributed by atoms with Crippen molar-refractivity contribution in [3.05, 3.63) is 57.9 Å². The zero-order chi connectivity index (χ0) is 29.3. The minimum atomic E-state index is -6.06. The molecule has 0 aliphatic carbocycles. The standard InChI is InChI=1S/C25H26ClF7N2O3S/c1-14(2)18-6-15(9-34-10-22(11-34)12-35(13-22)39(3,37)38)21(27)8-19(18)17-5-4-16(7-20(17)26)23(36,24(28,29)30)25(31,32)33/h4-8,14,36H,9-13H2,1-3H3. The fourth-order valence-electron chi connectivity index (χ4n) is 5.31. The molecule has 2 aromatic rings. The van der Waals surface area contributed by atoms with Crippen molar-refractivity contribution in [2.24, 2.45) is 5.41 Å². The van der Waals surface area contributed by atoms with Crippen LogP contribution in [0.1, 0.15) is 36.5 Å². The molecular formula is C25H26ClF7N2O3S. The van der Waals surface area contributed by atoms with E-state index in [9.17, 15) is 39.9 Å². The maximum absolute atomic E-state index is 15.2. The van der Waals surface area contributed by atoms with Gasteiger partial charge < -0.3 is 5.11 Å². The summed E-state index contributed by atoms with van der Waals surface area (Å²) in [6.07, 6.45) is -11.0. The first-order valence-corrected chi connectivity index (χ1v) is 14.1. The molecule has 0 radical (unpaired) electrons. The third-order valence-electron chi connectivity index (χ3n) is 7.34. The van der Waals surface area contributed by atoms with Gasteiger partial charge in [-0.15, -0.1) is 0 Å². The van der Waals surface area contributed by atoms with Gasteiger partial charge in [0.2, 0.25) is 10.0 Å². The fourth-order valence-corrected chi connectivity index (χ4v) is 6.61. The Hall–Kier alpha value is -1.93. The lowest BCUT2D eigenvalue weighted by atomic mass is 9.74. The van der Waals surface area contributed by atoms with Gasteiger partial charge in [0.15, 0.2) is 0 Å². The smallest absolute Gasteiger partial charge is 0.369 e. The summed E-state index contributed by atoms with van der Waals surface area (Å²) in [4.78, 5) is 1.97. The molecule has 2 aliphatic rings. The quantitative estimate of drug-likeness (QED) is 0.434. The van der Waals surface area contributed by atoms with Gasteiger partial charge >= 0.3 is 12.4 Å². The van der Waals surface area contributed by atoms with E-state index in [1.54, 1.807) is 19.9 Å². The van der Waals surface area contributed by atoms with E-state index >= 15 is 4.39 Å². The summed E-state index contributed by atoms with van der Waals surface area (Å²) in [7, 11) is -3.25. The van der Waals surface area contributed by atoms with Crippen molar-refractivity contribution in [2.75, 3.05) is 32.4 Å². The molecule has 39 heavy (non-hydrogen) atoms. The summed E-state index contributed by atoms with van der Waals surface area (Å²) >= 11 is 6.13. The molecule has 216 valence electrons. The Labute approximate surface area is 226 Å². The highest BCUT2D eigenvalue weighted by Crippen LogP contribution is 2.51. The van der Waals surface area contributed by atoms with Crippen LogP contribution >= 0.6 is 11.6 Å². The molecular weight excluding hydrogens is 577 g/mol. The molecule has 2 heterocycles. The van der Waals surface area contributed by atoms with Crippen LogP contribution < -0.4 is 0 Å². The second-order valence-corrected chi connectivity index (χ2v) is 13.2. The second kappa shape index (κ2) is 9.57. The van der Waals surface area contributed by atoms with Crippen molar-refractivity contribution in [2.45, 2.75) is 44.3 Å². The van der Waals surface area contributed by atoms with Crippen LogP contribution in [0.15, 0.2) is 30.3 Å². The van der Waals surface area contributed by atoms with Gasteiger partial charge in [-0.2, -0.15) is 26.3 Å². The molecule has 0 amide bonds. The Morgan fingerprint density at radius 1 is 0.974 bits per heavy atom. The van der Waals surface area contributed by atoms with Crippen molar-refractivity contribution in [3.63, 3.8) is 0 Å². The number of halogens is 8. The third kappa shape index (κ3) is 5.28. The first kappa shape index (κ1) is 30.0. The van der Waals surface area contributed by atoms with Gasteiger partial charge in [0.1, 0.15) is 5.82 Å².